The summed E-state index contributed by atoms with van der Waals surface area (Å²) in [4.78, 5) is 24.5. The normalized spacial score (nSPS) is 10.7. The van der Waals surface area contributed by atoms with Crippen LogP contribution in [0.4, 0.5) is 5.69 Å². The maximum atomic E-state index is 12.1. The lowest BCUT2D eigenvalue weighted by molar-refractivity contribution is -0.383. The van der Waals surface area contributed by atoms with Crippen molar-refractivity contribution in [1.82, 2.24) is 9.47 Å². The molecule has 0 N–H and O–H groups in total. The average molecular weight is 275 g/mol. The number of fused-ring (bicyclic) bond motifs is 1. The molecule has 2 rings (SSSR count). The van der Waals surface area contributed by atoms with Crippen molar-refractivity contribution in [2.75, 3.05) is 13.1 Å². The smallest absolute Gasteiger partial charge is 0.293 e. The van der Waals surface area contributed by atoms with Crippen molar-refractivity contribution in [2.45, 2.75) is 20.4 Å². The molecule has 0 aliphatic heterocycles. The molecule has 0 saturated carbocycles. The molecule has 0 bridgehead atoms. The van der Waals surface area contributed by atoms with Gasteiger partial charge in [-0.25, -0.2) is 0 Å². The second kappa shape index (κ2) is 5.73. The number of likely N-dealkylation sites (N-methyl/N-ethyl adjacent to an activating group) is 1. The van der Waals surface area contributed by atoms with Crippen molar-refractivity contribution in [3.8, 4) is 0 Å². The van der Waals surface area contributed by atoms with E-state index in [0.717, 1.165) is 5.39 Å². The number of carbonyl (C=O) groups is 1. The molecule has 0 saturated heterocycles. The van der Waals surface area contributed by atoms with Crippen LogP contribution in [0, 0.1) is 10.1 Å². The van der Waals surface area contributed by atoms with Gasteiger partial charge in [0.15, 0.2) is 0 Å². The van der Waals surface area contributed by atoms with Crippen LogP contribution in [0.3, 0.4) is 0 Å². The molecular weight excluding hydrogens is 258 g/mol. The summed E-state index contributed by atoms with van der Waals surface area (Å²) >= 11 is 0. The van der Waals surface area contributed by atoms with E-state index < -0.39 is 4.92 Å². The number of nitrogens with zero attached hydrogens (tertiary/aromatic N) is 3. The molecule has 0 aliphatic rings. The zero-order chi connectivity index (χ0) is 14.7. The molecule has 6 nitrogen and oxygen atoms in total. The molecule has 0 aliphatic carbocycles. The number of non-ortho nitro benzene ring substituents is 1. The first-order valence-corrected chi connectivity index (χ1v) is 6.58. The number of amides is 1. The topological polar surface area (TPSA) is 68.4 Å². The molecule has 0 fully saturated rings. The average Bonchev–Trinajstić information content (AvgIpc) is 2.83. The summed E-state index contributed by atoms with van der Waals surface area (Å²) in [6.07, 6.45) is 1.72. The first-order valence-electron chi connectivity index (χ1n) is 6.58. The number of carbonyl (C=O) groups excluding carboxylic acids is 1. The summed E-state index contributed by atoms with van der Waals surface area (Å²) in [5, 5.41) is 11.9. The van der Waals surface area contributed by atoms with Gasteiger partial charge in [-0.2, -0.15) is 0 Å². The summed E-state index contributed by atoms with van der Waals surface area (Å²) in [6, 6.07) is 6.70. The van der Waals surface area contributed by atoms with Crippen LogP contribution in [0.5, 0.6) is 0 Å². The van der Waals surface area contributed by atoms with Gasteiger partial charge >= 0.3 is 0 Å². The van der Waals surface area contributed by atoms with Gasteiger partial charge in [0.25, 0.3) is 5.69 Å². The fourth-order valence-electron chi connectivity index (χ4n) is 2.34. The molecule has 0 atom stereocenters. The monoisotopic (exact) mass is 275 g/mol. The van der Waals surface area contributed by atoms with Crippen molar-refractivity contribution in [3.05, 3.63) is 40.6 Å². The van der Waals surface area contributed by atoms with E-state index >= 15 is 0 Å². The fourth-order valence-corrected chi connectivity index (χ4v) is 2.34. The Morgan fingerprint density at radius 2 is 2.00 bits per heavy atom. The van der Waals surface area contributed by atoms with E-state index in [0.29, 0.717) is 18.6 Å². The first-order chi connectivity index (χ1) is 9.58. The minimum atomic E-state index is -0.416. The molecule has 0 spiro atoms. The van der Waals surface area contributed by atoms with Crippen LogP contribution in [-0.2, 0) is 11.3 Å². The SMILES string of the molecule is CCN(CC)C(=O)Cn1ccc2cccc([N+](=O)[O-])c21. The van der Waals surface area contributed by atoms with E-state index in [4.69, 9.17) is 0 Å². The number of hydrogen-bond donors (Lipinski definition) is 0. The highest BCUT2D eigenvalue weighted by molar-refractivity contribution is 5.90. The second-order valence-corrected chi connectivity index (χ2v) is 4.48. The van der Waals surface area contributed by atoms with Crippen molar-refractivity contribution in [1.29, 1.82) is 0 Å². The molecule has 0 unspecified atom stereocenters. The Bertz CT molecular complexity index is 644. The maximum Gasteiger partial charge on any atom is 0.293 e. The lowest BCUT2D eigenvalue weighted by atomic mass is 10.2. The van der Waals surface area contributed by atoms with Crippen LogP contribution in [0.25, 0.3) is 10.9 Å². The Morgan fingerprint density at radius 3 is 2.60 bits per heavy atom. The zero-order valence-electron chi connectivity index (χ0n) is 11.6. The Kier molecular flexibility index (Phi) is 4.02. The van der Waals surface area contributed by atoms with E-state index in [9.17, 15) is 14.9 Å². The number of aromatic nitrogens is 1. The summed E-state index contributed by atoms with van der Waals surface area (Å²) in [6.45, 7) is 5.22. The van der Waals surface area contributed by atoms with Gasteiger partial charge in [-0.3, -0.25) is 14.9 Å². The van der Waals surface area contributed by atoms with E-state index in [1.54, 1.807) is 33.9 Å². The highest BCUT2D eigenvalue weighted by Gasteiger charge is 2.18. The van der Waals surface area contributed by atoms with Crippen molar-refractivity contribution in [3.63, 3.8) is 0 Å². The standard InChI is InChI=1S/C14H17N3O3/c1-3-15(4-2)13(18)10-16-9-8-11-6-5-7-12(14(11)16)17(19)20/h5-9H,3-4,10H2,1-2H3. The third-order valence-corrected chi connectivity index (χ3v) is 3.39. The molecule has 20 heavy (non-hydrogen) atoms. The lowest BCUT2D eigenvalue weighted by Gasteiger charge is -2.19. The van der Waals surface area contributed by atoms with Crippen LogP contribution in [0.15, 0.2) is 30.5 Å². The van der Waals surface area contributed by atoms with Crippen molar-refractivity contribution in [2.24, 2.45) is 0 Å². The molecule has 6 heteroatoms. The van der Waals surface area contributed by atoms with E-state index in [1.165, 1.54) is 6.07 Å². The Morgan fingerprint density at radius 1 is 1.30 bits per heavy atom. The van der Waals surface area contributed by atoms with Crippen LogP contribution in [0.1, 0.15) is 13.8 Å². The van der Waals surface area contributed by atoms with Gasteiger partial charge in [0.05, 0.1) is 4.92 Å². The van der Waals surface area contributed by atoms with Crippen LogP contribution in [0.2, 0.25) is 0 Å². The van der Waals surface area contributed by atoms with Crippen LogP contribution >= 0.6 is 0 Å². The Labute approximate surface area is 116 Å². The minimum absolute atomic E-state index is 0.0276. The van der Waals surface area contributed by atoms with Gasteiger partial charge in [0.2, 0.25) is 5.91 Å². The predicted octanol–water partition coefficient (Wildman–Crippen LogP) is 2.42. The minimum Gasteiger partial charge on any atom is -0.342 e. The van der Waals surface area contributed by atoms with E-state index in [1.807, 2.05) is 13.8 Å². The molecule has 106 valence electrons. The molecule has 1 aromatic carbocycles. The Balaban J connectivity index is 2.40. The van der Waals surface area contributed by atoms with Gasteiger partial charge in [-0.05, 0) is 19.9 Å². The van der Waals surface area contributed by atoms with Gasteiger partial charge in [-0.15, -0.1) is 0 Å². The highest BCUT2D eigenvalue weighted by atomic mass is 16.6. The summed E-state index contributed by atoms with van der Waals surface area (Å²) in [5.41, 5.74) is 0.526. The van der Waals surface area contributed by atoms with Gasteiger partial charge < -0.3 is 9.47 Å². The summed E-state index contributed by atoms with van der Waals surface area (Å²) in [7, 11) is 0. The van der Waals surface area contributed by atoms with Crippen LogP contribution in [-0.4, -0.2) is 33.4 Å². The number of hydrogen-bond acceptors (Lipinski definition) is 3. The van der Waals surface area contributed by atoms with E-state index in [2.05, 4.69) is 0 Å². The first kappa shape index (κ1) is 14.0. The molecule has 2 aromatic rings. The summed E-state index contributed by atoms with van der Waals surface area (Å²) < 4.78 is 1.65. The number of nitro benzene ring substituents is 1. The summed E-state index contributed by atoms with van der Waals surface area (Å²) in [5.74, 6) is -0.0364. The molecule has 1 amide bonds. The Hall–Kier alpha value is -2.37. The number of benzene rings is 1. The quantitative estimate of drug-likeness (QED) is 0.621. The number of para-hydroxylation sites is 1. The third kappa shape index (κ3) is 2.49. The molecular formula is C14H17N3O3. The van der Waals surface area contributed by atoms with Crippen molar-refractivity contribution < 1.29 is 9.72 Å². The van der Waals surface area contributed by atoms with Crippen LogP contribution < -0.4 is 0 Å². The predicted molar refractivity (Wildman–Crippen MR) is 76.5 cm³/mol. The lowest BCUT2D eigenvalue weighted by Crippen LogP contribution is -2.33. The maximum absolute atomic E-state index is 12.1. The zero-order valence-corrected chi connectivity index (χ0v) is 11.6. The fraction of sp³-hybridized carbons (Fsp3) is 0.357. The van der Waals surface area contributed by atoms with Gasteiger partial charge in [0, 0.05) is 30.7 Å². The van der Waals surface area contributed by atoms with Gasteiger partial charge in [-0.1, -0.05) is 12.1 Å². The van der Waals surface area contributed by atoms with Gasteiger partial charge in [0.1, 0.15) is 12.1 Å². The number of nitro groups is 1. The molecule has 1 heterocycles. The largest absolute Gasteiger partial charge is 0.342 e. The van der Waals surface area contributed by atoms with E-state index in [-0.39, 0.29) is 18.1 Å². The second-order valence-electron chi connectivity index (χ2n) is 4.48. The van der Waals surface area contributed by atoms with Crippen molar-refractivity contribution >= 4 is 22.5 Å². The molecule has 0 radical (unpaired) electrons. The third-order valence-electron chi connectivity index (χ3n) is 3.39. The number of rotatable bonds is 5. The molecule has 1 aromatic heterocycles. The highest BCUT2D eigenvalue weighted by Crippen LogP contribution is 2.26.